The quantitative estimate of drug-likeness (QED) is 0.804. The number of nitrogens with zero attached hydrogens (tertiary/aromatic N) is 3. The summed E-state index contributed by atoms with van der Waals surface area (Å²) in [6.45, 7) is 9.99. The van der Waals surface area contributed by atoms with Crippen LogP contribution >= 0.6 is 0 Å². The Labute approximate surface area is 123 Å². The van der Waals surface area contributed by atoms with Gasteiger partial charge in [-0.25, -0.2) is 0 Å². The predicted molar refractivity (Wildman–Crippen MR) is 81.8 cm³/mol. The van der Waals surface area contributed by atoms with Crippen molar-refractivity contribution in [3.63, 3.8) is 0 Å². The summed E-state index contributed by atoms with van der Waals surface area (Å²) in [5.41, 5.74) is -0.337. The van der Waals surface area contributed by atoms with E-state index in [1.807, 2.05) is 0 Å². The fourth-order valence-electron chi connectivity index (χ4n) is 3.28. The molecule has 2 fully saturated rings. The highest BCUT2D eigenvalue weighted by Crippen LogP contribution is 2.25. The number of likely N-dealkylation sites (tertiary alicyclic amines) is 1. The van der Waals surface area contributed by atoms with Crippen molar-refractivity contribution in [3.8, 4) is 0 Å². The van der Waals surface area contributed by atoms with Crippen LogP contribution < -0.4 is 5.32 Å². The van der Waals surface area contributed by atoms with Gasteiger partial charge in [0.2, 0.25) is 5.91 Å². The number of carbonyl (C=O) groups excluding carboxylic acids is 1. The van der Waals surface area contributed by atoms with Crippen molar-refractivity contribution >= 4 is 5.91 Å². The topological polar surface area (TPSA) is 38.8 Å². The van der Waals surface area contributed by atoms with Crippen molar-refractivity contribution in [2.75, 3.05) is 53.4 Å². The lowest BCUT2D eigenvalue weighted by Crippen LogP contribution is -2.65. The number of piperidine rings is 1. The van der Waals surface area contributed by atoms with E-state index >= 15 is 0 Å². The minimum Gasteiger partial charge on any atom is -0.339 e. The van der Waals surface area contributed by atoms with Gasteiger partial charge in [0.25, 0.3) is 0 Å². The maximum atomic E-state index is 13.1. The van der Waals surface area contributed by atoms with E-state index < -0.39 is 0 Å². The van der Waals surface area contributed by atoms with E-state index in [1.165, 1.54) is 0 Å². The Bertz CT molecular complexity index is 329. The second-order valence-electron chi connectivity index (χ2n) is 6.78. The van der Waals surface area contributed by atoms with E-state index in [9.17, 15) is 4.79 Å². The zero-order valence-electron chi connectivity index (χ0n) is 13.5. The number of piperazine rings is 1. The fraction of sp³-hybridized carbons (Fsp3) is 0.933. The van der Waals surface area contributed by atoms with Gasteiger partial charge in [0.1, 0.15) is 5.54 Å². The van der Waals surface area contributed by atoms with Crippen LogP contribution in [0.25, 0.3) is 0 Å². The summed E-state index contributed by atoms with van der Waals surface area (Å²) in [7, 11) is 4.26. The highest BCUT2D eigenvalue weighted by atomic mass is 16.2. The van der Waals surface area contributed by atoms with E-state index in [4.69, 9.17) is 0 Å². The van der Waals surface area contributed by atoms with Gasteiger partial charge >= 0.3 is 0 Å². The number of hydrogen-bond donors (Lipinski definition) is 1. The molecular formula is C15H30N4O. The SMILES string of the molecule is CC(C)NC1(C(=O)N2CCN(C)CC2)CCN(C)CC1. The molecule has 2 aliphatic rings. The average molecular weight is 282 g/mol. The number of carbonyl (C=O) groups is 1. The Hall–Kier alpha value is -0.650. The highest BCUT2D eigenvalue weighted by Gasteiger charge is 2.43. The predicted octanol–water partition coefficient (Wildman–Crippen LogP) is 0.223. The summed E-state index contributed by atoms with van der Waals surface area (Å²) in [6, 6.07) is 0.342. The summed E-state index contributed by atoms with van der Waals surface area (Å²) >= 11 is 0. The van der Waals surface area contributed by atoms with E-state index in [0.29, 0.717) is 11.9 Å². The molecular weight excluding hydrogens is 252 g/mol. The highest BCUT2D eigenvalue weighted by molar-refractivity contribution is 5.86. The molecule has 2 heterocycles. The lowest BCUT2D eigenvalue weighted by molar-refractivity contribution is -0.142. The first kappa shape index (κ1) is 15.7. The molecule has 0 spiro atoms. The van der Waals surface area contributed by atoms with Crippen molar-refractivity contribution in [2.45, 2.75) is 38.3 Å². The zero-order valence-corrected chi connectivity index (χ0v) is 13.5. The molecule has 5 heteroatoms. The summed E-state index contributed by atoms with van der Waals surface area (Å²) in [5, 5.41) is 3.59. The monoisotopic (exact) mass is 282 g/mol. The lowest BCUT2D eigenvalue weighted by Gasteiger charge is -2.45. The first-order chi connectivity index (χ1) is 9.43. The van der Waals surface area contributed by atoms with Gasteiger partial charge < -0.3 is 20.0 Å². The largest absolute Gasteiger partial charge is 0.339 e. The number of hydrogen-bond acceptors (Lipinski definition) is 4. The van der Waals surface area contributed by atoms with Crippen molar-refractivity contribution in [1.29, 1.82) is 0 Å². The Balaban J connectivity index is 2.08. The van der Waals surface area contributed by atoms with Crippen LogP contribution in [0.1, 0.15) is 26.7 Å². The molecule has 0 radical (unpaired) electrons. The maximum absolute atomic E-state index is 13.1. The zero-order chi connectivity index (χ0) is 14.8. The third-order valence-corrected chi connectivity index (χ3v) is 4.61. The van der Waals surface area contributed by atoms with Crippen LogP contribution in [-0.4, -0.2) is 85.6 Å². The molecule has 0 bridgehead atoms. The third kappa shape index (κ3) is 3.51. The average Bonchev–Trinajstić information content (AvgIpc) is 2.41. The summed E-state index contributed by atoms with van der Waals surface area (Å²) < 4.78 is 0. The van der Waals surface area contributed by atoms with Gasteiger partial charge in [-0.05, 0) is 40.8 Å². The molecule has 20 heavy (non-hydrogen) atoms. The molecule has 0 aromatic heterocycles. The molecule has 116 valence electrons. The molecule has 0 unspecified atom stereocenters. The van der Waals surface area contributed by atoms with E-state index in [-0.39, 0.29) is 5.54 Å². The van der Waals surface area contributed by atoms with E-state index in [2.05, 4.69) is 48.0 Å². The standard InChI is InChI=1S/C15H30N4O/c1-13(2)16-15(5-7-17(3)8-6-15)14(20)19-11-9-18(4)10-12-19/h13,16H,5-12H2,1-4H3. The number of amides is 1. The van der Waals surface area contributed by atoms with Crippen molar-refractivity contribution < 1.29 is 4.79 Å². The first-order valence-electron chi connectivity index (χ1n) is 7.87. The van der Waals surface area contributed by atoms with Gasteiger partial charge in [-0.3, -0.25) is 4.79 Å². The van der Waals surface area contributed by atoms with Gasteiger partial charge in [-0.15, -0.1) is 0 Å². The molecule has 2 rings (SSSR count). The first-order valence-corrected chi connectivity index (χ1v) is 7.87. The maximum Gasteiger partial charge on any atom is 0.243 e. The van der Waals surface area contributed by atoms with E-state index in [0.717, 1.165) is 52.1 Å². The summed E-state index contributed by atoms with van der Waals surface area (Å²) in [4.78, 5) is 19.7. The minimum absolute atomic E-state index is 0.326. The molecule has 1 amide bonds. The molecule has 0 aromatic rings. The minimum atomic E-state index is -0.337. The molecule has 2 saturated heterocycles. The van der Waals surface area contributed by atoms with Crippen LogP contribution in [0, 0.1) is 0 Å². The van der Waals surface area contributed by atoms with Crippen molar-refractivity contribution in [2.24, 2.45) is 0 Å². The molecule has 1 N–H and O–H groups in total. The van der Waals surface area contributed by atoms with Crippen LogP contribution in [0.5, 0.6) is 0 Å². The second kappa shape index (κ2) is 6.41. The number of rotatable bonds is 3. The Morgan fingerprint density at radius 1 is 0.950 bits per heavy atom. The molecule has 2 aliphatic heterocycles. The van der Waals surface area contributed by atoms with Crippen molar-refractivity contribution in [3.05, 3.63) is 0 Å². The smallest absolute Gasteiger partial charge is 0.243 e. The summed E-state index contributed by atoms with van der Waals surface area (Å²) in [6.07, 6.45) is 1.85. The fourth-order valence-corrected chi connectivity index (χ4v) is 3.28. The van der Waals surface area contributed by atoms with Gasteiger partial charge in [-0.1, -0.05) is 0 Å². The van der Waals surface area contributed by atoms with Gasteiger partial charge in [0.15, 0.2) is 0 Å². The van der Waals surface area contributed by atoms with E-state index in [1.54, 1.807) is 0 Å². The Morgan fingerprint density at radius 2 is 1.45 bits per heavy atom. The molecule has 0 aliphatic carbocycles. The molecule has 0 saturated carbocycles. The van der Waals surface area contributed by atoms with Crippen LogP contribution in [-0.2, 0) is 4.79 Å². The normalized spacial score (nSPS) is 25.1. The molecule has 0 atom stereocenters. The van der Waals surface area contributed by atoms with Gasteiger partial charge in [-0.2, -0.15) is 0 Å². The Kier molecular flexibility index (Phi) is 5.04. The molecule has 0 aromatic carbocycles. The van der Waals surface area contributed by atoms with Crippen LogP contribution in [0.3, 0.4) is 0 Å². The van der Waals surface area contributed by atoms with Crippen molar-refractivity contribution in [1.82, 2.24) is 20.0 Å². The van der Waals surface area contributed by atoms with Gasteiger partial charge in [0, 0.05) is 45.3 Å². The second-order valence-corrected chi connectivity index (χ2v) is 6.78. The number of nitrogens with one attached hydrogen (secondary N) is 1. The molecule has 5 nitrogen and oxygen atoms in total. The lowest BCUT2D eigenvalue weighted by atomic mass is 9.85. The van der Waals surface area contributed by atoms with Crippen LogP contribution in [0.4, 0.5) is 0 Å². The number of likely N-dealkylation sites (N-methyl/N-ethyl adjacent to an activating group) is 1. The Morgan fingerprint density at radius 3 is 1.95 bits per heavy atom. The van der Waals surface area contributed by atoms with Crippen LogP contribution in [0.15, 0.2) is 0 Å². The summed E-state index contributed by atoms with van der Waals surface area (Å²) in [5.74, 6) is 0.326. The van der Waals surface area contributed by atoms with Crippen LogP contribution in [0.2, 0.25) is 0 Å². The third-order valence-electron chi connectivity index (χ3n) is 4.61. The van der Waals surface area contributed by atoms with Gasteiger partial charge in [0.05, 0.1) is 0 Å².